The minimum atomic E-state index is -0.303. The van der Waals surface area contributed by atoms with E-state index in [9.17, 15) is 4.79 Å². The topological polar surface area (TPSA) is 58.4 Å². The van der Waals surface area contributed by atoms with Gasteiger partial charge in [0.15, 0.2) is 5.11 Å². The van der Waals surface area contributed by atoms with Crippen LogP contribution in [-0.2, 0) is 4.79 Å². The van der Waals surface area contributed by atoms with Crippen LogP contribution in [0.2, 0.25) is 0 Å². The molecule has 3 N–H and O–H groups in total. The van der Waals surface area contributed by atoms with Crippen LogP contribution in [0.5, 0.6) is 0 Å². The van der Waals surface area contributed by atoms with E-state index in [4.69, 9.17) is 18.0 Å². The molecule has 4 nitrogen and oxygen atoms in total. The molecule has 5 heteroatoms. The van der Waals surface area contributed by atoms with Gasteiger partial charge < -0.3 is 16.0 Å². The van der Waals surface area contributed by atoms with Gasteiger partial charge in [-0.1, -0.05) is 12.1 Å². The van der Waals surface area contributed by atoms with Gasteiger partial charge in [-0.25, -0.2) is 0 Å². The summed E-state index contributed by atoms with van der Waals surface area (Å²) in [5.74, 6) is -0.303. The fraction of sp³-hybridized carbons (Fsp3) is 0.429. The van der Waals surface area contributed by atoms with Gasteiger partial charge in [-0.05, 0) is 56.1 Å². The Kier molecular flexibility index (Phi) is 4.04. The van der Waals surface area contributed by atoms with Crippen LogP contribution >= 0.6 is 12.2 Å². The van der Waals surface area contributed by atoms with Gasteiger partial charge in [0.05, 0.1) is 0 Å². The second-order valence-electron chi connectivity index (χ2n) is 4.93. The van der Waals surface area contributed by atoms with Crippen molar-refractivity contribution in [2.24, 2.45) is 5.73 Å². The van der Waals surface area contributed by atoms with Crippen LogP contribution in [-0.4, -0.2) is 28.5 Å². The molecule has 1 heterocycles. The lowest BCUT2D eigenvalue weighted by Gasteiger charge is -2.26. The zero-order valence-corrected chi connectivity index (χ0v) is 12.1. The molecule has 102 valence electrons. The SMILES string of the molecule is Cc1cccc(NC(=S)N2CCC[C@H]2C(N)=O)c1C. The smallest absolute Gasteiger partial charge is 0.240 e. The van der Waals surface area contributed by atoms with Crippen LogP contribution in [0.3, 0.4) is 0 Å². The molecule has 19 heavy (non-hydrogen) atoms. The Morgan fingerprint density at radius 2 is 2.21 bits per heavy atom. The molecule has 1 amide bonds. The van der Waals surface area contributed by atoms with Crippen molar-refractivity contribution in [3.05, 3.63) is 29.3 Å². The lowest BCUT2D eigenvalue weighted by atomic mass is 10.1. The molecule has 0 aromatic heterocycles. The summed E-state index contributed by atoms with van der Waals surface area (Å²) in [6.45, 7) is 4.89. The number of thiocarbonyl (C=S) groups is 1. The van der Waals surface area contributed by atoms with Gasteiger partial charge in [0, 0.05) is 12.2 Å². The van der Waals surface area contributed by atoms with Crippen LogP contribution in [0.4, 0.5) is 5.69 Å². The highest BCUT2D eigenvalue weighted by atomic mass is 32.1. The van der Waals surface area contributed by atoms with Gasteiger partial charge in [0.1, 0.15) is 6.04 Å². The van der Waals surface area contributed by atoms with Crippen molar-refractivity contribution in [3.63, 3.8) is 0 Å². The van der Waals surface area contributed by atoms with Crippen LogP contribution in [0.15, 0.2) is 18.2 Å². The van der Waals surface area contributed by atoms with Crippen molar-refractivity contribution in [2.45, 2.75) is 32.7 Å². The molecular formula is C14H19N3OS. The highest BCUT2D eigenvalue weighted by molar-refractivity contribution is 7.80. The number of nitrogens with one attached hydrogen (secondary N) is 1. The molecule has 1 aliphatic rings. The number of nitrogens with two attached hydrogens (primary N) is 1. The molecule has 2 rings (SSSR count). The fourth-order valence-electron chi connectivity index (χ4n) is 2.38. The van der Waals surface area contributed by atoms with Gasteiger partial charge >= 0.3 is 0 Å². The standard InChI is InChI=1S/C14H19N3OS/c1-9-5-3-6-11(10(9)2)16-14(19)17-8-4-7-12(17)13(15)18/h3,5-6,12H,4,7-8H2,1-2H3,(H2,15,18)(H,16,19)/t12-/m0/s1. The molecule has 1 aliphatic heterocycles. The second-order valence-corrected chi connectivity index (χ2v) is 5.32. The molecular weight excluding hydrogens is 258 g/mol. The third-order valence-electron chi connectivity index (χ3n) is 3.69. The lowest BCUT2D eigenvalue weighted by molar-refractivity contribution is -0.121. The average Bonchev–Trinajstić information content (AvgIpc) is 2.84. The van der Waals surface area contributed by atoms with Crippen LogP contribution in [0.25, 0.3) is 0 Å². The summed E-state index contributed by atoms with van der Waals surface area (Å²) in [5, 5.41) is 3.81. The largest absolute Gasteiger partial charge is 0.368 e. The van der Waals surface area contributed by atoms with E-state index in [1.165, 1.54) is 11.1 Å². The van der Waals surface area contributed by atoms with Crippen LogP contribution < -0.4 is 11.1 Å². The molecule has 1 atom stereocenters. The summed E-state index contributed by atoms with van der Waals surface area (Å²) in [5.41, 5.74) is 8.77. The van der Waals surface area contributed by atoms with Gasteiger partial charge in [-0.15, -0.1) is 0 Å². The number of aryl methyl sites for hydroxylation is 1. The maximum atomic E-state index is 11.4. The summed E-state index contributed by atoms with van der Waals surface area (Å²) in [6.07, 6.45) is 1.73. The predicted molar refractivity (Wildman–Crippen MR) is 81.1 cm³/mol. The molecule has 0 saturated carbocycles. The van der Waals surface area contributed by atoms with E-state index in [-0.39, 0.29) is 11.9 Å². The normalized spacial score (nSPS) is 18.4. The fourth-order valence-corrected chi connectivity index (χ4v) is 2.71. The van der Waals surface area contributed by atoms with Crippen molar-refractivity contribution in [2.75, 3.05) is 11.9 Å². The molecule has 0 unspecified atom stereocenters. The minimum absolute atomic E-state index is 0.273. The molecule has 0 bridgehead atoms. The minimum Gasteiger partial charge on any atom is -0.368 e. The number of rotatable bonds is 2. The maximum Gasteiger partial charge on any atom is 0.240 e. The first-order chi connectivity index (χ1) is 9.00. The molecule has 1 fully saturated rings. The first-order valence-corrected chi connectivity index (χ1v) is 6.84. The van der Waals surface area contributed by atoms with E-state index in [1.54, 1.807) is 0 Å². The van der Waals surface area contributed by atoms with Gasteiger partial charge in [0.2, 0.25) is 5.91 Å². The lowest BCUT2D eigenvalue weighted by Crippen LogP contribution is -2.45. The van der Waals surface area contributed by atoms with Crippen molar-refractivity contribution in [1.29, 1.82) is 0 Å². The highest BCUT2D eigenvalue weighted by Gasteiger charge is 2.30. The Labute approximate surface area is 119 Å². The van der Waals surface area contributed by atoms with Gasteiger partial charge in [-0.3, -0.25) is 4.79 Å². The summed E-state index contributed by atoms with van der Waals surface area (Å²) in [6, 6.07) is 5.77. The molecule has 0 spiro atoms. The van der Waals surface area contributed by atoms with E-state index < -0.39 is 0 Å². The zero-order chi connectivity index (χ0) is 14.0. The number of primary amides is 1. The van der Waals surface area contributed by atoms with Crippen molar-refractivity contribution >= 4 is 28.9 Å². The molecule has 1 aromatic rings. The average molecular weight is 277 g/mol. The number of carbonyl (C=O) groups is 1. The van der Waals surface area contributed by atoms with Crippen LogP contribution in [0.1, 0.15) is 24.0 Å². The first-order valence-electron chi connectivity index (χ1n) is 6.44. The van der Waals surface area contributed by atoms with E-state index >= 15 is 0 Å². The monoisotopic (exact) mass is 277 g/mol. The Morgan fingerprint density at radius 1 is 1.47 bits per heavy atom. The number of nitrogens with zero attached hydrogens (tertiary/aromatic N) is 1. The number of carbonyl (C=O) groups excluding carboxylic acids is 1. The maximum absolute atomic E-state index is 11.4. The third-order valence-corrected chi connectivity index (χ3v) is 4.02. The summed E-state index contributed by atoms with van der Waals surface area (Å²) < 4.78 is 0. The van der Waals surface area contributed by atoms with Crippen molar-refractivity contribution in [3.8, 4) is 0 Å². The molecule has 0 radical (unpaired) electrons. The number of hydrogen-bond acceptors (Lipinski definition) is 2. The van der Waals surface area contributed by atoms with E-state index in [1.807, 2.05) is 17.0 Å². The van der Waals surface area contributed by atoms with E-state index in [0.717, 1.165) is 25.1 Å². The number of benzene rings is 1. The Bertz CT molecular complexity index is 515. The first kappa shape index (κ1) is 13.8. The Hall–Kier alpha value is -1.62. The molecule has 1 aromatic carbocycles. The van der Waals surface area contributed by atoms with Crippen molar-refractivity contribution in [1.82, 2.24) is 4.90 Å². The number of likely N-dealkylation sites (tertiary alicyclic amines) is 1. The van der Waals surface area contributed by atoms with Gasteiger partial charge in [-0.2, -0.15) is 0 Å². The number of hydrogen-bond donors (Lipinski definition) is 2. The summed E-state index contributed by atoms with van der Waals surface area (Å²) >= 11 is 5.40. The molecule has 1 saturated heterocycles. The Balaban J connectivity index is 2.13. The molecule has 0 aliphatic carbocycles. The summed E-state index contributed by atoms with van der Waals surface area (Å²) in [7, 11) is 0. The highest BCUT2D eigenvalue weighted by Crippen LogP contribution is 2.22. The third kappa shape index (κ3) is 2.87. The summed E-state index contributed by atoms with van der Waals surface area (Å²) in [4.78, 5) is 13.3. The second kappa shape index (κ2) is 5.57. The predicted octanol–water partition coefficient (Wildman–Crippen LogP) is 1.95. The van der Waals surface area contributed by atoms with Crippen molar-refractivity contribution < 1.29 is 4.79 Å². The quantitative estimate of drug-likeness (QED) is 0.811. The number of amides is 1. The zero-order valence-electron chi connectivity index (χ0n) is 11.3. The van der Waals surface area contributed by atoms with E-state index in [2.05, 4.69) is 25.2 Å². The Morgan fingerprint density at radius 3 is 2.89 bits per heavy atom. The van der Waals surface area contributed by atoms with E-state index in [0.29, 0.717) is 5.11 Å². The van der Waals surface area contributed by atoms with Gasteiger partial charge in [0.25, 0.3) is 0 Å². The number of anilines is 1. The van der Waals surface area contributed by atoms with Crippen LogP contribution in [0, 0.1) is 13.8 Å².